The lowest BCUT2D eigenvalue weighted by molar-refractivity contribution is 0.634. The molecule has 0 radical (unpaired) electrons. The highest BCUT2D eigenvalue weighted by atomic mass is 79.9. The highest BCUT2D eigenvalue weighted by molar-refractivity contribution is 9.10. The van der Waals surface area contributed by atoms with Crippen molar-refractivity contribution in [2.45, 2.75) is 29.5 Å². The zero-order valence-corrected chi connectivity index (χ0v) is 12.0. The molecule has 2 atom stereocenters. The van der Waals surface area contributed by atoms with Gasteiger partial charge in [-0.05, 0) is 45.1 Å². The van der Waals surface area contributed by atoms with Crippen LogP contribution in [0.3, 0.4) is 0 Å². The van der Waals surface area contributed by atoms with Crippen LogP contribution in [-0.2, 0) is 0 Å². The van der Waals surface area contributed by atoms with Crippen LogP contribution in [0.5, 0.6) is 0 Å². The van der Waals surface area contributed by atoms with E-state index in [1.165, 1.54) is 17.0 Å². The highest BCUT2D eigenvalue weighted by Crippen LogP contribution is 2.40. The van der Waals surface area contributed by atoms with Gasteiger partial charge in [-0.3, -0.25) is 0 Å². The van der Waals surface area contributed by atoms with E-state index in [-0.39, 0.29) is 0 Å². The van der Waals surface area contributed by atoms with Gasteiger partial charge in [0.1, 0.15) is 0 Å². The smallest absolute Gasteiger partial charge is 0.0492 e. The van der Waals surface area contributed by atoms with E-state index in [4.69, 9.17) is 0 Å². The van der Waals surface area contributed by atoms with Gasteiger partial charge in [-0.15, -0.1) is 11.8 Å². The lowest BCUT2D eigenvalue weighted by Crippen LogP contribution is -2.33. The third-order valence-corrected chi connectivity index (χ3v) is 4.89. The van der Waals surface area contributed by atoms with Crippen molar-refractivity contribution >= 4 is 33.4 Å². The van der Waals surface area contributed by atoms with Gasteiger partial charge in [-0.1, -0.05) is 15.9 Å². The zero-order chi connectivity index (χ0) is 11.5. The number of rotatable bonds is 3. The van der Waals surface area contributed by atoms with E-state index < -0.39 is 0 Å². The molecule has 1 aliphatic rings. The van der Waals surface area contributed by atoms with Crippen molar-refractivity contribution in [2.75, 3.05) is 18.9 Å². The summed E-state index contributed by atoms with van der Waals surface area (Å²) in [6.45, 7) is 3.34. The number of hydrogen-bond acceptors (Lipinski definition) is 3. The first-order valence-electron chi connectivity index (χ1n) is 5.58. The van der Waals surface area contributed by atoms with Crippen molar-refractivity contribution < 1.29 is 0 Å². The Hall–Kier alpha value is -0.190. The van der Waals surface area contributed by atoms with Crippen LogP contribution < -0.4 is 10.6 Å². The van der Waals surface area contributed by atoms with Gasteiger partial charge in [0.25, 0.3) is 0 Å². The predicted molar refractivity (Wildman–Crippen MR) is 75.4 cm³/mol. The van der Waals surface area contributed by atoms with E-state index in [0.717, 1.165) is 11.0 Å². The number of hydrogen-bond donors (Lipinski definition) is 2. The number of fused-ring (bicyclic) bond motifs is 1. The maximum atomic E-state index is 3.58. The van der Waals surface area contributed by atoms with Crippen molar-refractivity contribution in [1.82, 2.24) is 5.32 Å². The molecule has 2 unspecified atom stereocenters. The fourth-order valence-electron chi connectivity index (χ4n) is 1.92. The zero-order valence-electron chi connectivity index (χ0n) is 9.59. The first kappa shape index (κ1) is 12.3. The molecule has 88 valence electrons. The lowest BCUT2D eigenvalue weighted by atomic mass is 10.1. The van der Waals surface area contributed by atoms with Gasteiger partial charge < -0.3 is 10.6 Å². The average molecular weight is 301 g/mol. The Morgan fingerprint density at radius 3 is 3.06 bits per heavy atom. The number of halogens is 1. The number of thioether (sulfide) groups is 1. The fourth-order valence-corrected chi connectivity index (χ4v) is 3.50. The molecule has 0 saturated carbocycles. The Balaban J connectivity index is 2.12. The summed E-state index contributed by atoms with van der Waals surface area (Å²) in [5, 5.41) is 7.45. The van der Waals surface area contributed by atoms with Gasteiger partial charge in [-0.25, -0.2) is 0 Å². The van der Waals surface area contributed by atoms with Crippen LogP contribution in [0.25, 0.3) is 0 Å². The first-order chi connectivity index (χ1) is 7.70. The van der Waals surface area contributed by atoms with Gasteiger partial charge >= 0.3 is 0 Å². The Morgan fingerprint density at radius 2 is 2.31 bits per heavy atom. The van der Waals surface area contributed by atoms with Crippen molar-refractivity contribution in [3.63, 3.8) is 0 Å². The minimum atomic E-state index is 0.528. The van der Waals surface area contributed by atoms with Gasteiger partial charge in [0.15, 0.2) is 0 Å². The normalized spacial score (nSPS) is 23.7. The molecule has 1 aliphatic heterocycles. The molecule has 0 fully saturated rings. The first-order valence-corrected chi connectivity index (χ1v) is 7.25. The van der Waals surface area contributed by atoms with Crippen molar-refractivity contribution in [3.8, 4) is 0 Å². The van der Waals surface area contributed by atoms with E-state index in [0.29, 0.717) is 11.3 Å². The van der Waals surface area contributed by atoms with Gasteiger partial charge in [0.05, 0.1) is 0 Å². The SMILES string of the molecule is CNCCC1Sc2ccc(Br)cc2NC1C. The van der Waals surface area contributed by atoms with Crippen LogP contribution in [0.4, 0.5) is 5.69 Å². The second-order valence-corrected chi connectivity index (χ2v) is 6.32. The summed E-state index contributed by atoms with van der Waals surface area (Å²) < 4.78 is 1.14. The molecule has 0 spiro atoms. The van der Waals surface area contributed by atoms with Gasteiger partial charge in [0.2, 0.25) is 0 Å². The molecule has 1 aromatic rings. The largest absolute Gasteiger partial charge is 0.381 e. The Labute approximate surface area is 110 Å². The highest BCUT2D eigenvalue weighted by Gasteiger charge is 2.24. The quantitative estimate of drug-likeness (QED) is 0.895. The number of nitrogens with one attached hydrogen (secondary N) is 2. The summed E-state index contributed by atoms with van der Waals surface area (Å²) in [4.78, 5) is 1.36. The molecule has 2 N–H and O–H groups in total. The lowest BCUT2D eigenvalue weighted by Gasteiger charge is -2.32. The minimum absolute atomic E-state index is 0.528. The number of anilines is 1. The molecule has 0 bridgehead atoms. The molecule has 0 aromatic heterocycles. The summed E-state index contributed by atoms with van der Waals surface area (Å²) >= 11 is 5.50. The maximum Gasteiger partial charge on any atom is 0.0492 e. The standard InChI is InChI=1S/C12H17BrN2S/c1-8-11(5-6-14-2)16-12-4-3-9(13)7-10(12)15-8/h3-4,7-8,11,14-15H,5-6H2,1-2H3. The molecule has 1 aromatic carbocycles. The van der Waals surface area contributed by atoms with Crippen LogP contribution >= 0.6 is 27.7 Å². The second kappa shape index (κ2) is 5.43. The van der Waals surface area contributed by atoms with Crippen molar-refractivity contribution in [1.29, 1.82) is 0 Å². The van der Waals surface area contributed by atoms with Crippen molar-refractivity contribution in [2.24, 2.45) is 0 Å². The summed E-state index contributed by atoms with van der Waals surface area (Å²) in [5.74, 6) is 0. The summed E-state index contributed by atoms with van der Waals surface area (Å²) in [6, 6.07) is 6.99. The monoisotopic (exact) mass is 300 g/mol. The second-order valence-electron chi connectivity index (χ2n) is 4.12. The molecule has 1 heterocycles. The summed E-state index contributed by atoms with van der Waals surface area (Å²) in [6.07, 6.45) is 1.20. The Bertz CT molecular complexity index is 370. The van der Waals surface area contributed by atoms with Crippen molar-refractivity contribution in [3.05, 3.63) is 22.7 Å². The minimum Gasteiger partial charge on any atom is -0.381 e. The Morgan fingerprint density at radius 1 is 1.50 bits per heavy atom. The molecule has 2 nitrogen and oxygen atoms in total. The number of benzene rings is 1. The third-order valence-electron chi connectivity index (χ3n) is 2.84. The van der Waals surface area contributed by atoms with E-state index in [1.54, 1.807) is 0 Å². The Kier molecular flexibility index (Phi) is 4.16. The maximum absolute atomic E-state index is 3.58. The van der Waals surface area contributed by atoms with E-state index in [2.05, 4.69) is 51.7 Å². The average Bonchev–Trinajstić information content (AvgIpc) is 2.26. The van der Waals surface area contributed by atoms with E-state index >= 15 is 0 Å². The van der Waals surface area contributed by atoms with Crippen LogP contribution in [-0.4, -0.2) is 24.9 Å². The van der Waals surface area contributed by atoms with Gasteiger partial charge in [-0.2, -0.15) is 0 Å². The topological polar surface area (TPSA) is 24.1 Å². The summed E-state index contributed by atoms with van der Waals surface area (Å²) in [7, 11) is 2.01. The molecular formula is C12H17BrN2S. The molecular weight excluding hydrogens is 284 g/mol. The van der Waals surface area contributed by atoms with Crippen LogP contribution in [0.2, 0.25) is 0 Å². The fraction of sp³-hybridized carbons (Fsp3) is 0.500. The molecule has 0 aliphatic carbocycles. The predicted octanol–water partition coefficient (Wildman–Crippen LogP) is 3.33. The molecule has 16 heavy (non-hydrogen) atoms. The molecule has 4 heteroatoms. The van der Waals surface area contributed by atoms with Crippen LogP contribution in [0.1, 0.15) is 13.3 Å². The molecule has 0 amide bonds. The van der Waals surface area contributed by atoms with Crippen LogP contribution in [0.15, 0.2) is 27.6 Å². The van der Waals surface area contributed by atoms with E-state index in [1.807, 2.05) is 18.8 Å². The van der Waals surface area contributed by atoms with Gasteiger partial charge in [0, 0.05) is 26.3 Å². The van der Waals surface area contributed by atoms with E-state index in [9.17, 15) is 0 Å². The third kappa shape index (κ3) is 2.73. The van der Waals surface area contributed by atoms with Crippen LogP contribution in [0, 0.1) is 0 Å². The molecule has 0 saturated heterocycles. The molecule has 2 rings (SSSR count). The summed E-state index contributed by atoms with van der Waals surface area (Å²) in [5.41, 5.74) is 1.26.